The van der Waals surface area contributed by atoms with Gasteiger partial charge in [0.05, 0.1) is 4.47 Å². The lowest BCUT2D eigenvalue weighted by Crippen LogP contribution is -2.41. The van der Waals surface area contributed by atoms with E-state index in [1.807, 2.05) is 6.07 Å². The molecule has 1 amide bonds. The number of nitrogens with zero attached hydrogens (tertiary/aromatic N) is 1. The van der Waals surface area contributed by atoms with Gasteiger partial charge in [-0.1, -0.05) is 0 Å². The maximum atomic E-state index is 10.9. The van der Waals surface area contributed by atoms with Gasteiger partial charge in [-0.3, -0.25) is 4.79 Å². The van der Waals surface area contributed by atoms with E-state index in [0.29, 0.717) is 5.03 Å². The summed E-state index contributed by atoms with van der Waals surface area (Å²) in [6, 6.07) is 0.897. The molecule has 1 atom stereocenters. The van der Waals surface area contributed by atoms with Crippen molar-refractivity contribution in [1.29, 1.82) is 0 Å². The second-order valence-corrected chi connectivity index (χ2v) is 6.12. The Labute approximate surface area is 125 Å². The number of carboxylic acid groups (broad SMARTS) is 1. The first-order chi connectivity index (χ1) is 8.40. The van der Waals surface area contributed by atoms with Gasteiger partial charge in [0.2, 0.25) is 5.91 Å². The molecular weight excluding hydrogens is 388 g/mol. The predicted octanol–water partition coefficient (Wildman–Crippen LogP) is 2.29. The SMILES string of the molecule is CC(=O)NC(CSc1ncc(Br)cc1Br)C(=O)O. The van der Waals surface area contributed by atoms with Gasteiger partial charge in [-0.25, -0.2) is 9.78 Å². The largest absolute Gasteiger partial charge is 0.480 e. The zero-order valence-electron chi connectivity index (χ0n) is 9.31. The third-order valence-corrected chi connectivity index (χ3v) is 4.24. The highest BCUT2D eigenvalue weighted by Crippen LogP contribution is 2.28. The Morgan fingerprint density at radius 2 is 2.22 bits per heavy atom. The van der Waals surface area contributed by atoms with Gasteiger partial charge in [-0.2, -0.15) is 0 Å². The highest BCUT2D eigenvalue weighted by molar-refractivity contribution is 9.11. The summed E-state index contributed by atoms with van der Waals surface area (Å²) in [5.41, 5.74) is 0. The molecule has 0 spiro atoms. The average Bonchev–Trinajstić information content (AvgIpc) is 2.25. The molecule has 1 aromatic rings. The van der Waals surface area contributed by atoms with Crippen molar-refractivity contribution in [3.05, 3.63) is 21.2 Å². The van der Waals surface area contributed by atoms with E-state index in [1.54, 1.807) is 6.20 Å². The summed E-state index contributed by atoms with van der Waals surface area (Å²) in [6.45, 7) is 1.29. The monoisotopic (exact) mass is 396 g/mol. The van der Waals surface area contributed by atoms with Crippen molar-refractivity contribution in [2.45, 2.75) is 18.0 Å². The van der Waals surface area contributed by atoms with Crippen LogP contribution in [-0.2, 0) is 9.59 Å². The first kappa shape index (κ1) is 15.5. The molecule has 1 heterocycles. The van der Waals surface area contributed by atoms with Crippen LogP contribution in [0.2, 0.25) is 0 Å². The van der Waals surface area contributed by atoms with Crippen molar-refractivity contribution < 1.29 is 14.7 Å². The van der Waals surface area contributed by atoms with Crippen molar-refractivity contribution in [2.24, 2.45) is 0 Å². The fraction of sp³-hybridized carbons (Fsp3) is 0.300. The van der Waals surface area contributed by atoms with E-state index in [1.165, 1.54) is 18.7 Å². The van der Waals surface area contributed by atoms with Crippen LogP contribution in [-0.4, -0.2) is 33.8 Å². The molecule has 0 aliphatic carbocycles. The lowest BCUT2D eigenvalue weighted by atomic mass is 10.3. The van der Waals surface area contributed by atoms with Crippen LogP contribution in [0.15, 0.2) is 26.2 Å². The molecule has 0 aliphatic heterocycles. The fourth-order valence-corrected chi connectivity index (χ4v) is 3.30. The molecule has 0 radical (unpaired) electrons. The third kappa shape index (κ3) is 4.95. The summed E-state index contributed by atoms with van der Waals surface area (Å²) in [5.74, 6) is -1.22. The molecule has 1 rings (SSSR count). The topological polar surface area (TPSA) is 79.3 Å². The summed E-state index contributed by atoms with van der Waals surface area (Å²) in [5, 5.41) is 12.0. The number of aromatic nitrogens is 1. The molecule has 18 heavy (non-hydrogen) atoms. The lowest BCUT2D eigenvalue weighted by molar-refractivity contribution is -0.140. The van der Waals surface area contributed by atoms with E-state index >= 15 is 0 Å². The number of pyridine rings is 1. The number of carboxylic acids is 1. The van der Waals surface area contributed by atoms with Crippen molar-refractivity contribution >= 4 is 55.5 Å². The Morgan fingerprint density at radius 3 is 2.72 bits per heavy atom. The smallest absolute Gasteiger partial charge is 0.327 e. The minimum absolute atomic E-state index is 0.210. The van der Waals surface area contributed by atoms with Gasteiger partial charge in [0.25, 0.3) is 0 Å². The minimum atomic E-state index is -1.06. The van der Waals surface area contributed by atoms with Gasteiger partial charge in [-0.05, 0) is 37.9 Å². The average molecular weight is 398 g/mol. The Kier molecular flexibility index (Phi) is 6.10. The van der Waals surface area contributed by atoms with E-state index in [0.717, 1.165) is 8.95 Å². The van der Waals surface area contributed by atoms with Crippen LogP contribution in [0.3, 0.4) is 0 Å². The third-order valence-electron chi connectivity index (χ3n) is 1.84. The zero-order valence-corrected chi connectivity index (χ0v) is 13.3. The lowest BCUT2D eigenvalue weighted by Gasteiger charge is -2.12. The Balaban J connectivity index is 2.66. The number of thioether (sulfide) groups is 1. The van der Waals surface area contributed by atoms with Gasteiger partial charge in [0.1, 0.15) is 11.1 Å². The Morgan fingerprint density at radius 1 is 1.56 bits per heavy atom. The van der Waals surface area contributed by atoms with Crippen molar-refractivity contribution in [3.8, 4) is 0 Å². The number of halogens is 2. The first-order valence-electron chi connectivity index (χ1n) is 4.84. The van der Waals surface area contributed by atoms with Gasteiger partial charge in [0, 0.05) is 23.3 Å². The molecule has 0 aliphatic rings. The van der Waals surface area contributed by atoms with Crippen LogP contribution in [0.5, 0.6) is 0 Å². The molecule has 0 saturated carbocycles. The van der Waals surface area contributed by atoms with Gasteiger partial charge in [-0.15, -0.1) is 11.8 Å². The number of carbonyl (C=O) groups is 2. The van der Waals surface area contributed by atoms with Crippen molar-refractivity contribution in [1.82, 2.24) is 10.3 Å². The van der Waals surface area contributed by atoms with Gasteiger partial charge in [0.15, 0.2) is 0 Å². The molecule has 0 bridgehead atoms. The molecule has 1 aromatic heterocycles. The minimum Gasteiger partial charge on any atom is -0.480 e. The highest BCUT2D eigenvalue weighted by Gasteiger charge is 2.19. The predicted molar refractivity (Wildman–Crippen MR) is 75.6 cm³/mol. The van der Waals surface area contributed by atoms with E-state index in [-0.39, 0.29) is 11.7 Å². The normalized spacial score (nSPS) is 11.9. The number of amides is 1. The van der Waals surface area contributed by atoms with E-state index < -0.39 is 12.0 Å². The number of hydrogen-bond donors (Lipinski definition) is 2. The Bertz CT molecular complexity index is 470. The molecule has 5 nitrogen and oxygen atoms in total. The molecule has 8 heteroatoms. The standard InChI is InChI=1S/C10H10Br2N2O3S/c1-5(15)14-8(10(16)17)4-18-9-7(12)2-6(11)3-13-9/h2-3,8H,4H2,1H3,(H,14,15)(H,16,17). The van der Waals surface area contributed by atoms with Crippen LogP contribution in [0.4, 0.5) is 0 Å². The summed E-state index contributed by atoms with van der Waals surface area (Å²) in [6.07, 6.45) is 1.63. The highest BCUT2D eigenvalue weighted by atomic mass is 79.9. The quantitative estimate of drug-likeness (QED) is 0.745. The number of hydrogen-bond acceptors (Lipinski definition) is 4. The second kappa shape index (κ2) is 7.10. The van der Waals surface area contributed by atoms with E-state index in [2.05, 4.69) is 42.2 Å². The molecular formula is C10H10Br2N2O3S. The van der Waals surface area contributed by atoms with Crippen LogP contribution in [0, 0.1) is 0 Å². The summed E-state index contributed by atoms with van der Waals surface area (Å²) >= 11 is 7.88. The van der Waals surface area contributed by atoms with Crippen LogP contribution < -0.4 is 5.32 Å². The Hall–Kier alpha value is -0.600. The fourth-order valence-electron chi connectivity index (χ4n) is 1.09. The molecule has 98 valence electrons. The maximum absolute atomic E-state index is 10.9. The summed E-state index contributed by atoms with van der Waals surface area (Å²) in [4.78, 5) is 25.9. The summed E-state index contributed by atoms with van der Waals surface area (Å²) < 4.78 is 1.60. The molecule has 1 unspecified atom stereocenters. The number of rotatable bonds is 5. The molecule has 0 fully saturated rings. The van der Waals surface area contributed by atoms with Crippen LogP contribution in [0.25, 0.3) is 0 Å². The molecule has 0 aromatic carbocycles. The van der Waals surface area contributed by atoms with Gasteiger partial charge >= 0.3 is 5.97 Å². The van der Waals surface area contributed by atoms with E-state index in [9.17, 15) is 9.59 Å². The zero-order chi connectivity index (χ0) is 13.7. The summed E-state index contributed by atoms with van der Waals surface area (Å²) in [7, 11) is 0. The number of nitrogens with one attached hydrogen (secondary N) is 1. The molecule has 0 saturated heterocycles. The first-order valence-corrected chi connectivity index (χ1v) is 7.41. The van der Waals surface area contributed by atoms with Crippen LogP contribution >= 0.6 is 43.6 Å². The number of carbonyl (C=O) groups excluding carboxylic acids is 1. The number of aliphatic carboxylic acids is 1. The second-order valence-electron chi connectivity index (χ2n) is 3.34. The molecule has 2 N–H and O–H groups in total. The van der Waals surface area contributed by atoms with Crippen molar-refractivity contribution in [3.63, 3.8) is 0 Å². The maximum Gasteiger partial charge on any atom is 0.327 e. The van der Waals surface area contributed by atoms with E-state index in [4.69, 9.17) is 5.11 Å². The van der Waals surface area contributed by atoms with Crippen LogP contribution in [0.1, 0.15) is 6.92 Å². The van der Waals surface area contributed by atoms with Gasteiger partial charge < -0.3 is 10.4 Å². The van der Waals surface area contributed by atoms with Crippen molar-refractivity contribution in [2.75, 3.05) is 5.75 Å².